The molecule has 3 rings (SSSR count). The van der Waals surface area contributed by atoms with Crippen LogP contribution in [0.1, 0.15) is 10.4 Å². The van der Waals surface area contributed by atoms with Gasteiger partial charge in [0.1, 0.15) is 18.1 Å². The highest BCUT2D eigenvalue weighted by atomic mass is 16.5. The van der Waals surface area contributed by atoms with Gasteiger partial charge in [-0.25, -0.2) is 0 Å². The van der Waals surface area contributed by atoms with Gasteiger partial charge in [-0.15, -0.1) is 0 Å². The molecular weight excluding hydrogens is 364 g/mol. The molecular formula is C24H26N2O3. The highest BCUT2D eigenvalue weighted by Gasteiger charge is 2.22. The molecule has 0 spiro atoms. The van der Waals surface area contributed by atoms with Crippen molar-refractivity contribution in [3.63, 3.8) is 0 Å². The standard InChI is InChI=1S/C24H26N2O3/c1-25(2)17-18-29-21-15-13-20(14-16-21)26(19-9-5-4-6-10-19)24(27)22-11-7-8-12-23(22)28-3/h4-16H,17-18H2,1-3H3. The van der Waals surface area contributed by atoms with Crippen molar-refractivity contribution in [3.05, 3.63) is 84.4 Å². The first kappa shape index (κ1) is 20.4. The number of benzene rings is 3. The molecule has 0 heterocycles. The lowest BCUT2D eigenvalue weighted by Crippen LogP contribution is -2.26. The summed E-state index contributed by atoms with van der Waals surface area (Å²) in [5.74, 6) is 1.16. The molecule has 0 N–H and O–H groups in total. The maximum atomic E-state index is 13.5. The number of anilines is 2. The molecule has 0 unspecified atom stereocenters. The number of likely N-dealkylation sites (N-methyl/N-ethyl adjacent to an activating group) is 1. The first-order valence-corrected chi connectivity index (χ1v) is 9.50. The molecule has 0 radical (unpaired) electrons. The molecule has 0 aliphatic carbocycles. The molecule has 1 amide bonds. The van der Waals surface area contributed by atoms with Gasteiger partial charge in [-0.3, -0.25) is 9.69 Å². The Labute approximate surface area is 172 Å². The van der Waals surface area contributed by atoms with Gasteiger partial charge in [-0.2, -0.15) is 0 Å². The zero-order chi connectivity index (χ0) is 20.6. The maximum Gasteiger partial charge on any atom is 0.266 e. The van der Waals surface area contributed by atoms with Crippen molar-refractivity contribution in [1.29, 1.82) is 0 Å². The Morgan fingerprint density at radius 3 is 2.10 bits per heavy atom. The molecule has 0 saturated carbocycles. The SMILES string of the molecule is COc1ccccc1C(=O)N(c1ccccc1)c1ccc(OCCN(C)C)cc1. The lowest BCUT2D eigenvalue weighted by atomic mass is 10.1. The smallest absolute Gasteiger partial charge is 0.266 e. The molecule has 0 atom stereocenters. The van der Waals surface area contributed by atoms with Crippen LogP contribution >= 0.6 is 0 Å². The normalized spacial score (nSPS) is 10.6. The van der Waals surface area contributed by atoms with Gasteiger partial charge < -0.3 is 14.4 Å². The van der Waals surface area contributed by atoms with Crippen LogP contribution in [0.4, 0.5) is 11.4 Å². The number of para-hydroxylation sites is 2. The monoisotopic (exact) mass is 390 g/mol. The number of ether oxygens (including phenoxy) is 2. The molecule has 0 aliphatic rings. The van der Waals surface area contributed by atoms with Crippen molar-refractivity contribution in [3.8, 4) is 11.5 Å². The van der Waals surface area contributed by atoms with Gasteiger partial charge in [0, 0.05) is 17.9 Å². The summed E-state index contributed by atoms with van der Waals surface area (Å²) in [7, 11) is 5.58. The molecule has 150 valence electrons. The molecule has 0 aromatic heterocycles. The summed E-state index contributed by atoms with van der Waals surface area (Å²) in [4.78, 5) is 17.2. The third-order valence-electron chi connectivity index (χ3n) is 4.46. The highest BCUT2D eigenvalue weighted by molar-refractivity contribution is 6.12. The van der Waals surface area contributed by atoms with Crippen LogP contribution in [0.25, 0.3) is 0 Å². The average molecular weight is 390 g/mol. The summed E-state index contributed by atoms with van der Waals surface area (Å²) in [5.41, 5.74) is 2.04. The van der Waals surface area contributed by atoms with Gasteiger partial charge in [0.2, 0.25) is 0 Å². The Balaban J connectivity index is 1.92. The van der Waals surface area contributed by atoms with Gasteiger partial charge in [-0.05, 0) is 62.6 Å². The molecule has 0 fully saturated rings. The quantitative estimate of drug-likeness (QED) is 0.563. The van der Waals surface area contributed by atoms with Crippen LogP contribution in [0.5, 0.6) is 11.5 Å². The first-order valence-electron chi connectivity index (χ1n) is 9.50. The van der Waals surface area contributed by atoms with Crippen LogP contribution in [0.3, 0.4) is 0 Å². The van der Waals surface area contributed by atoms with Crippen LogP contribution in [0.2, 0.25) is 0 Å². The van der Waals surface area contributed by atoms with E-state index in [0.29, 0.717) is 17.9 Å². The fraction of sp³-hybridized carbons (Fsp3) is 0.208. The largest absolute Gasteiger partial charge is 0.496 e. The van der Waals surface area contributed by atoms with E-state index in [1.165, 1.54) is 0 Å². The fourth-order valence-corrected chi connectivity index (χ4v) is 2.94. The predicted octanol–water partition coefficient (Wildman–Crippen LogP) is 4.61. The van der Waals surface area contributed by atoms with Gasteiger partial charge in [0.15, 0.2) is 0 Å². The fourth-order valence-electron chi connectivity index (χ4n) is 2.94. The Hall–Kier alpha value is -3.31. The van der Waals surface area contributed by atoms with Crippen LogP contribution in [0.15, 0.2) is 78.9 Å². The van der Waals surface area contributed by atoms with Crippen LogP contribution < -0.4 is 14.4 Å². The molecule has 0 bridgehead atoms. The number of nitrogens with zero attached hydrogens (tertiary/aromatic N) is 2. The highest BCUT2D eigenvalue weighted by Crippen LogP contribution is 2.31. The van der Waals surface area contributed by atoms with Crippen LogP contribution in [0, 0.1) is 0 Å². The average Bonchev–Trinajstić information content (AvgIpc) is 2.75. The van der Waals surface area contributed by atoms with E-state index in [9.17, 15) is 4.79 Å². The van der Waals surface area contributed by atoms with Gasteiger partial charge >= 0.3 is 0 Å². The molecule has 0 saturated heterocycles. The molecule has 29 heavy (non-hydrogen) atoms. The third kappa shape index (κ3) is 5.15. The van der Waals surface area contributed by atoms with Crippen molar-refractivity contribution < 1.29 is 14.3 Å². The number of hydrogen-bond donors (Lipinski definition) is 0. The minimum absolute atomic E-state index is 0.157. The topological polar surface area (TPSA) is 42.0 Å². The Kier molecular flexibility index (Phi) is 6.87. The second-order valence-corrected chi connectivity index (χ2v) is 6.82. The molecule has 3 aromatic rings. The first-order chi connectivity index (χ1) is 14.1. The number of rotatable bonds is 8. The Morgan fingerprint density at radius 2 is 1.45 bits per heavy atom. The van der Waals surface area contributed by atoms with Crippen molar-refractivity contribution >= 4 is 17.3 Å². The van der Waals surface area contributed by atoms with Crippen molar-refractivity contribution in [2.24, 2.45) is 0 Å². The van der Waals surface area contributed by atoms with Crippen molar-refractivity contribution in [2.45, 2.75) is 0 Å². The lowest BCUT2D eigenvalue weighted by Gasteiger charge is -2.24. The van der Waals surface area contributed by atoms with E-state index in [4.69, 9.17) is 9.47 Å². The summed E-state index contributed by atoms with van der Waals surface area (Å²) in [6, 6.07) is 24.4. The zero-order valence-electron chi connectivity index (χ0n) is 17.0. The molecule has 5 heteroatoms. The van der Waals surface area contributed by atoms with E-state index < -0.39 is 0 Å². The van der Waals surface area contributed by atoms with Crippen molar-refractivity contribution in [2.75, 3.05) is 39.3 Å². The van der Waals surface area contributed by atoms with Gasteiger partial charge in [-0.1, -0.05) is 30.3 Å². The number of methoxy groups -OCH3 is 1. The second kappa shape index (κ2) is 9.75. The van der Waals surface area contributed by atoms with E-state index in [1.807, 2.05) is 80.8 Å². The number of carbonyl (C=O) groups excluding carboxylic acids is 1. The Bertz CT molecular complexity index is 924. The summed E-state index contributed by atoms with van der Waals surface area (Å²) < 4.78 is 11.2. The summed E-state index contributed by atoms with van der Waals surface area (Å²) in [6.45, 7) is 1.44. The Morgan fingerprint density at radius 1 is 0.828 bits per heavy atom. The molecule has 5 nitrogen and oxygen atoms in total. The summed E-state index contributed by atoms with van der Waals surface area (Å²) in [5, 5.41) is 0. The molecule has 0 aliphatic heterocycles. The number of amides is 1. The van der Waals surface area contributed by atoms with Crippen molar-refractivity contribution in [1.82, 2.24) is 4.90 Å². The van der Waals surface area contributed by atoms with E-state index >= 15 is 0 Å². The summed E-state index contributed by atoms with van der Waals surface area (Å²) in [6.07, 6.45) is 0. The van der Waals surface area contributed by atoms with Crippen LogP contribution in [-0.4, -0.2) is 45.2 Å². The third-order valence-corrected chi connectivity index (χ3v) is 4.46. The second-order valence-electron chi connectivity index (χ2n) is 6.82. The van der Waals surface area contributed by atoms with Gasteiger partial charge in [0.25, 0.3) is 5.91 Å². The minimum atomic E-state index is -0.157. The summed E-state index contributed by atoms with van der Waals surface area (Å²) >= 11 is 0. The van der Waals surface area contributed by atoms with E-state index in [0.717, 1.165) is 23.7 Å². The van der Waals surface area contributed by atoms with E-state index in [1.54, 1.807) is 24.1 Å². The van der Waals surface area contributed by atoms with E-state index in [2.05, 4.69) is 4.90 Å². The van der Waals surface area contributed by atoms with Crippen LogP contribution in [-0.2, 0) is 0 Å². The van der Waals surface area contributed by atoms with Gasteiger partial charge in [0.05, 0.1) is 12.7 Å². The predicted molar refractivity (Wildman–Crippen MR) is 116 cm³/mol. The molecule has 3 aromatic carbocycles. The number of carbonyl (C=O) groups is 1. The lowest BCUT2D eigenvalue weighted by molar-refractivity contribution is 0.0996. The van der Waals surface area contributed by atoms with E-state index in [-0.39, 0.29) is 5.91 Å². The number of hydrogen-bond acceptors (Lipinski definition) is 4. The minimum Gasteiger partial charge on any atom is -0.496 e. The zero-order valence-corrected chi connectivity index (χ0v) is 17.0. The maximum absolute atomic E-state index is 13.5.